The molecule has 2 heterocycles. The molecule has 5 heteroatoms. The lowest BCUT2D eigenvalue weighted by atomic mass is 9.74. The van der Waals surface area contributed by atoms with E-state index < -0.39 is 5.41 Å². The van der Waals surface area contributed by atoms with Crippen molar-refractivity contribution in [3.63, 3.8) is 0 Å². The van der Waals surface area contributed by atoms with Gasteiger partial charge in [-0.1, -0.05) is 30.3 Å². The molecule has 1 aromatic rings. The first-order valence-electron chi connectivity index (χ1n) is 7.59. The summed E-state index contributed by atoms with van der Waals surface area (Å²) >= 11 is 0. The Morgan fingerprint density at radius 3 is 2.50 bits per heavy atom. The summed E-state index contributed by atoms with van der Waals surface area (Å²) in [5, 5.41) is 6.04. The molecule has 0 aliphatic carbocycles. The monoisotopic (exact) mass is 300 g/mol. The molecule has 1 aromatic carbocycles. The minimum Gasteiger partial charge on any atom is -0.381 e. The molecule has 0 aromatic heterocycles. The summed E-state index contributed by atoms with van der Waals surface area (Å²) in [6, 6.07) is 9.89. The third kappa shape index (κ3) is 2.64. The van der Waals surface area contributed by atoms with Crippen molar-refractivity contribution in [2.45, 2.75) is 25.8 Å². The van der Waals surface area contributed by atoms with Crippen molar-refractivity contribution >= 4 is 11.7 Å². The topological polar surface area (TPSA) is 67.4 Å². The van der Waals surface area contributed by atoms with Crippen LogP contribution < -0.4 is 10.6 Å². The van der Waals surface area contributed by atoms with Crippen LogP contribution in [0.25, 0.3) is 0 Å². The minimum absolute atomic E-state index is 0.00397. The van der Waals surface area contributed by atoms with Gasteiger partial charge in [-0.3, -0.25) is 9.59 Å². The molecule has 116 valence electrons. The van der Waals surface area contributed by atoms with Crippen molar-refractivity contribution in [1.82, 2.24) is 10.6 Å². The van der Waals surface area contributed by atoms with Gasteiger partial charge in [-0.2, -0.15) is 0 Å². The first kappa shape index (κ1) is 14.8. The third-order valence-electron chi connectivity index (χ3n) is 4.45. The zero-order valence-corrected chi connectivity index (χ0v) is 12.6. The van der Waals surface area contributed by atoms with Crippen LogP contribution in [0.3, 0.4) is 0 Å². The Morgan fingerprint density at radius 2 is 1.86 bits per heavy atom. The molecule has 2 N–H and O–H groups in total. The predicted octanol–water partition coefficient (Wildman–Crippen LogP) is 1.67. The summed E-state index contributed by atoms with van der Waals surface area (Å²) in [4.78, 5) is 24.9. The average Bonchev–Trinajstić information content (AvgIpc) is 2.54. The molecule has 0 saturated carbocycles. The Labute approximate surface area is 129 Å². The minimum atomic E-state index is -0.931. The molecule has 2 aliphatic rings. The van der Waals surface area contributed by atoms with Crippen LogP contribution in [0.1, 0.15) is 31.4 Å². The second kappa shape index (κ2) is 5.93. The van der Waals surface area contributed by atoms with Crippen LogP contribution in [0.5, 0.6) is 0 Å². The van der Waals surface area contributed by atoms with Crippen molar-refractivity contribution in [2.24, 2.45) is 5.41 Å². The second-order valence-corrected chi connectivity index (χ2v) is 5.85. The van der Waals surface area contributed by atoms with Crippen molar-refractivity contribution in [1.29, 1.82) is 0 Å². The van der Waals surface area contributed by atoms with E-state index in [1.165, 1.54) is 6.08 Å². The van der Waals surface area contributed by atoms with Gasteiger partial charge in [0.25, 0.3) is 0 Å². The van der Waals surface area contributed by atoms with Gasteiger partial charge in [0.2, 0.25) is 5.91 Å². The quantitative estimate of drug-likeness (QED) is 0.833. The number of ether oxygens (including phenoxy) is 1. The molecule has 1 amide bonds. The van der Waals surface area contributed by atoms with Crippen molar-refractivity contribution in [3.8, 4) is 0 Å². The van der Waals surface area contributed by atoms with E-state index >= 15 is 0 Å². The van der Waals surface area contributed by atoms with Crippen LogP contribution >= 0.6 is 0 Å². The molecule has 1 fully saturated rings. The number of amides is 1. The fraction of sp³-hybridized carbons (Fsp3) is 0.412. The van der Waals surface area contributed by atoms with Gasteiger partial charge in [0.1, 0.15) is 11.2 Å². The third-order valence-corrected chi connectivity index (χ3v) is 4.45. The van der Waals surface area contributed by atoms with Crippen molar-refractivity contribution in [2.75, 3.05) is 13.2 Å². The SMILES string of the molecule is C[C@H](NC1=CC(=O)C2(CCOCC2)C(=O)N1)c1ccccc1. The molecule has 5 nitrogen and oxygen atoms in total. The number of allylic oxidation sites excluding steroid dienone is 1. The molecule has 2 aliphatic heterocycles. The van der Waals surface area contributed by atoms with Gasteiger partial charge in [0.15, 0.2) is 5.78 Å². The average molecular weight is 300 g/mol. The van der Waals surface area contributed by atoms with Gasteiger partial charge < -0.3 is 15.4 Å². The standard InChI is InChI=1S/C17H20N2O3/c1-12(13-5-3-2-4-6-13)18-15-11-14(20)17(16(21)19-15)7-9-22-10-8-17/h2-6,11-12,18H,7-10H2,1H3,(H,19,21)/t12-/m0/s1. The number of benzene rings is 1. The van der Waals surface area contributed by atoms with Gasteiger partial charge in [-0.25, -0.2) is 0 Å². The molecule has 0 unspecified atom stereocenters. The van der Waals surface area contributed by atoms with Crippen LogP contribution in [0.2, 0.25) is 0 Å². The van der Waals surface area contributed by atoms with Crippen molar-refractivity contribution < 1.29 is 14.3 Å². The highest BCUT2D eigenvalue weighted by Crippen LogP contribution is 2.35. The van der Waals surface area contributed by atoms with E-state index in [0.29, 0.717) is 31.9 Å². The maximum atomic E-state index is 12.5. The van der Waals surface area contributed by atoms with Gasteiger partial charge >= 0.3 is 0 Å². The summed E-state index contributed by atoms with van der Waals surface area (Å²) in [6.45, 7) is 2.90. The summed E-state index contributed by atoms with van der Waals surface area (Å²) in [6.07, 6.45) is 2.43. The van der Waals surface area contributed by atoms with E-state index in [2.05, 4.69) is 10.6 Å². The van der Waals surface area contributed by atoms with Crippen LogP contribution in [0.15, 0.2) is 42.2 Å². The van der Waals surface area contributed by atoms with Gasteiger partial charge in [-0.15, -0.1) is 0 Å². The number of carbonyl (C=O) groups excluding carboxylic acids is 2. The largest absolute Gasteiger partial charge is 0.381 e. The van der Waals surface area contributed by atoms with Crippen LogP contribution in [-0.4, -0.2) is 24.9 Å². The van der Waals surface area contributed by atoms with Gasteiger partial charge in [-0.05, 0) is 25.3 Å². The molecule has 0 bridgehead atoms. The zero-order chi connectivity index (χ0) is 15.6. The number of nitrogens with one attached hydrogen (secondary N) is 2. The Hall–Kier alpha value is -2.14. The number of rotatable bonds is 3. The van der Waals surface area contributed by atoms with Gasteiger partial charge in [0, 0.05) is 25.3 Å². The van der Waals surface area contributed by atoms with E-state index in [1.54, 1.807) is 0 Å². The molecule has 1 spiro atoms. The lowest BCUT2D eigenvalue weighted by Crippen LogP contribution is -2.54. The second-order valence-electron chi connectivity index (χ2n) is 5.85. The van der Waals surface area contributed by atoms with Gasteiger partial charge in [0.05, 0.1) is 0 Å². The molecular formula is C17H20N2O3. The highest BCUT2D eigenvalue weighted by molar-refractivity contribution is 6.14. The zero-order valence-electron chi connectivity index (χ0n) is 12.6. The van der Waals surface area contributed by atoms with E-state index in [4.69, 9.17) is 4.74 Å². The van der Waals surface area contributed by atoms with Crippen LogP contribution in [0, 0.1) is 5.41 Å². The highest BCUT2D eigenvalue weighted by Gasteiger charge is 2.48. The smallest absolute Gasteiger partial charge is 0.239 e. The van der Waals surface area contributed by atoms with E-state index in [0.717, 1.165) is 5.56 Å². The normalized spacial score (nSPS) is 22.0. The maximum absolute atomic E-state index is 12.5. The number of hydrogen-bond donors (Lipinski definition) is 2. The fourth-order valence-corrected chi connectivity index (χ4v) is 2.99. The highest BCUT2D eigenvalue weighted by atomic mass is 16.5. The van der Waals surface area contributed by atoms with Crippen LogP contribution in [-0.2, 0) is 14.3 Å². The number of hydrogen-bond acceptors (Lipinski definition) is 4. The first-order valence-corrected chi connectivity index (χ1v) is 7.59. The first-order chi connectivity index (χ1) is 10.6. The summed E-state index contributed by atoms with van der Waals surface area (Å²) in [5.41, 5.74) is 0.163. The van der Waals surface area contributed by atoms with Crippen molar-refractivity contribution in [3.05, 3.63) is 47.8 Å². The summed E-state index contributed by atoms with van der Waals surface area (Å²) < 4.78 is 5.27. The molecule has 1 saturated heterocycles. The Bertz CT molecular complexity index is 604. The molecule has 0 radical (unpaired) electrons. The molecule has 3 rings (SSSR count). The summed E-state index contributed by atoms with van der Waals surface area (Å²) in [5.74, 6) is 0.136. The Balaban J connectivity index is 1.75. The fourth-order valence-electron chi connectivity index (χ4n) is 2.99. The lowest BCUT2D eigenvalue weighted by Gasteiger charge is -2.37. The Kier molecular flexibility index (Phi) is 3.98. The molecule has 1 atom stereocenters. The van der Waals surface area contributed by atoms with E-state index in [-0.39, 0.29) is 17.7 Å². The van der Waals surface area contributed by atoms with Crippen LogP contribution in [0.4, 0.5) is 0 Å². The van der Waals surface area contributed by atoms with E-state index in [1.807, 2.05) is 37.3 Å². The molecule has 22 heavy (non-hydrogen) atoms. The van der Waals surface area contributed by atoms with E-state index in [9.17, 15) is 9.59 Å². The number of ketones is 1. The summed E-state index contributed by atoms with van der Waals surface area (Å²) in [7, 11) is 0. The predicted molar refractivity (Wildman–Crippen MR) is 81.7 cm³/mol. The maximum Gasteiger partial charge on any atom is 0.239 e. The number of carbonyl (C=O) groups is 2. The molecular weight excluding hydrogens is 280 g/mol. The lowest BCUT2D eigenvalue weighted by molar-refractivity contribution is -0.146. The Morgan fingerprint density at radius 1 is 1.18 bits per heavy atom.